The molecule has 0 fully saturated rings. The summed E-state index contributed by atoms with van der Waals surface area (Å²) in [5, 5.41) is 13.5. The molecule has 0 atom stereocenters. The van der Waals surface area contributed by atoms with E-state index >= 15 is 0 Å². The Hall–Kier alpha value is -3.00. The minimum atomic E-state index is 0.597. The van der Waals surface area contributed by atoms with Gasteiger partial charge in [0.25, 0.3) is 0 Å². The second kappa shape index (κ2) is 8.35. The van der Waals surface area contributed by atoms with Crippen LogP contribution in [0.3, 0.4) is 0 Å². The van der Waals surface area contributed by atoms with Crippen LogP contribution < -0.4 is 0 Å². The monoisotopic (exact) mass is 392 g/mol. The molecule has 0 saturated carbocycles. The van der Waals surface area contributed by atoms with Gasteiger partial charge in [0, 0.05) is 35.8 Å². The lowest BCUT2D eigenvalue weighted by Gasteiger charge is -2.08. The van der Waals surface area contributed by atoms with Crippen LogP contribution >= 0.6 is 11.8 Å². The highest BCUT2D eigenvalue weighted by Crippen LogP contribution is 2.23. The van der Waals surface area contributed by atoms with E-state index in [-0.39, 0.29) is 0 Å². The third-order valence-corrected chi connectivity index (χ3v) is 5.24. The van der Waals surface area contributed by atoms with Crippen molar-refractivity contribution in [3.63, 3.8) is 0 Å². The molecular weight excluding hydrogens is 372 g/mol. The van der Waals surface area contributed by atoms with Gasteiger partial charge in [0.05, 0.1) is 0 Å². The van der Waals surface area contributed by atoms with Gasteiger partial charge in [-0.15, -0.1) is 10.2 Å². The van der Waals surface area contributed by atoms with Crippen LogP contribution in [0.4, 0.5) is 0 Å². The van der Waals surface area contributed by atoms with E-state index in [4.69, 9.17) is 4.52 Å². The summed E-state index contributed by atoms with van der Waals surface area (Å²) in [4.78, 5) is 8.46. The fourth-order valence-corrected chi connectivity index (χ4v) is 3.80. The standard InChI is InChI=1S/C20H20N6OS/c1-14-5-3-6-17(13-14)26-15(2)23-24-20(26)28-12-4-7-18-22-19(25-27-18)16-8-10-21-11-9-16/h3,5-6,8-11,13H,4,7,12H2,1-2H3. The molecule has 0 spiro atoms. The largest absolute Gasteiger partial charge is 0.339 e. The summed E-state index contributed by atoms with van der Waals surface area (Å²) in [6, 6.07) is 12.1. The first kappa shape index (κ1) is 18.4. The summed E-state index contributed by atoms with van der Waals surface area (Å²) >= 11 is 1.68. The van der Waals surface area contributed by atoms with Crippen molar-refractivity contribution in [2.45, 2.75) is 31.8 Å². The Labute approximate surface area is 167 Å². The van der Waals surface area contributed by atoms with Gasteiger partial charge in [0.2, 0.25) is 11.7 Å². The molecule has 8 heteroatoms. The Kier molecular flexibility index (Phi) is 5.48. The van der Waals surface area contributed by atoms with Crippen molar-refractivity contribution < 1.29 is 4.52 Å². The molecule has 1 aromatic carbocycles. The molecule has 4 rings (SSSR count). The molecule has 7 nitrogen and oxygen atoms in total. The smallest absolute Gasteiger partial charge is 0.226 e. The van der Waals surface area contributed by atoms with Crippen molar-refractivity contribution in [2.24, 2.45) is 0 Å². The lowest BCUT2D eigenvalue weighted by molar-refractivity contribution is 0.378. The molecule has 142 valence electrons. The number of hydrogen-bond donors (Lipinski definition) is 0. The number of aryl methyl sites for hydroxylation is 3. The first-order valence-corrected chi connectivity index (χ1v) is 10.0. The number of nitrogens with zero attached hydrogens (tertiary/aromatic N) is 6. The SMILES string of the molecule is Cc1cccc(-n2c(C)nnc2SCCCc2nc(-c3ccncc3)no2)c1. The molecule has 4 aromatic rings. The zero-order valence-corrected chi connectivity index (χ0v) is 16.6. The minimum Gasteiger partial charge on any atom is -0.339 e. The van der Waals surface area contributed by atoms with E-state index in [9.17, 15) is 0 Å². The first-order chi connectivity index (χ1) is 13.7. The predicted molar refractivity (Wildman–Crippen MR) is 107 cm³/mol. The van der Waals surface area contributed by atoms with E-state index in [1.807, 2.05) is 19.1 Å². The lowest BCUT2D eigenvalue weighted by Crippen LogP contribution is -2.00. The third kappa shape index (κ3) is 4.12. The molecule has 3 heterocycles. The highest BCUT2D eigenvalue weighted by atomic mass is 32.2. The summed E-state index contributed by atoms with van der Waals surface area (Å²) in [5.41, 5.74) is 3.20. The van der Waals surface area contributed by atoms with Crippen LogP contribution in [0, 0.1) is 13.8 Å². The molecule has 0 amide bonds. The van der Waals surface area contributed by atoms with Gasteiger partial charge < -0.3 is 4.52 Å². The van der Waals surface area contributed by atoms with Crippen LogP contribution in [0.1, 0.15) is 23.7 Å². The molecule has 3 aromatic heterocycles. The van der Waals surface area contributed by atoms with Crippen LogP contribution in [-0.4, -0.2) is 35.6 Å². The number of pyridine rings is 1. The van der Waals surface area contributed by atoms with Gasteiger partial charge in [-0.3, -0.25) is 9.55 Å². The number of aromatic nitrogens is 6. The summed E-state index contributed by atoms with van der Waals surface area (Å²) in [6.07, 6.45) is 5.06. The molecule has 0 aliphatic rings. The molecule has 0 aliphatic carbocycles. The van der Waals surface area contributed by atoms with Crippen molar-refractivity contribution in [3.8, 4) is 17.1 Å². The quantitative estimate of drug-likeness (QED) is 0.346. The molecule has 0 aliphatic heterocycles. The summed E-state index contributed by atoms with van der Waals surface area (Å²) in [6.45, 7) is 4.05. The minimum absolute atomic E-state index is 0.597. The topological polar surface area (TPSA) is 82.5 Å². The average Bonchev–Trinajstić information content (AvgIpc) is 3.33. The normalized spacial score (nSPS) is 11.1. The number of hydrogen-bond acceptors (Lipinski definition) is 7. The predicted octanol–water partition coefficient (Wildman–Crippen LogP) is 4.05. The first-order valence-electron chi connectivity index (χ1n) is 9.05. The Morgan fingerprint density at radius 2 is 1.93 bits per heavy atom. The number of benzene rings is 1. The van der Waals surface area contributed by atoms with E-state index in [1.54, 1.807) is 24.2 Å². The van der Waals surface area contributed by atoms with Crippen molar-refractivity contribution in [1.29, 1.82) is 0 Å². The van der Waals surface area contributed by atoms with E-state index in [1.165, 1.54) is 5.56 Å². The van der Waals surface area contributed by atoms with Gasteiger partial charge in [-0.25, -0.2) is 0 Å². The zero-order chi connectivity index (χ0) is 19.3. The van der Waals surface area contributed by atoms with Crippen LogP contribution in [0.15, 0.2) is 58.5 Å². The van der Waals surface area contributed by atoms with Crippen molar-refractivity contribution in [3.05, 3.63) is 66.1 Å². The highest BCUT2D eigenvalue weighted by molar-refractivity contribution is 7.99. The molecule has 0 bridgehead atoms. The fourth-order valence-electron chi connectivity index (χ4n) is 2.86. The van der Waals surface area contributed by atoms with E-state index in [2.05, 4.69) is 61.1 Å². The summed E-state index contributed by atoms with van der Waals surface area (Å²) in [5.74, 6) is 3.01. The van der Waals surface area contributed by atoms with Crippen molar-refractivity contribution >= 4 is 11.8 Å². The maximum absolute atomic E-state index is 5.36. The average molecular weight is 392 g/mol. The number of thioether (sulfide) groups is 1. The second-order valence-corrected chi connectivity index (χ2v) is 7.47. The van der Waals surface area contributed by atoms with Gasteiger partial charge >= 0.3 is 0 Å². The Morgan fingerprint density at radius 3 is 2.75 bits per heavy atom. The molecule has 0 saturated heterocycles. The van der Waals surface area contributed by atoms with Crippen LogP contribution in [0.2, 0.25) is 0 Å². The van der Waals surface area contributed by atoms with Gasteiger partial charge in [0.1, 0.15) is 5.82 Å². The highest BCUT2D eigenvalue weighted by Gasteiger charge is 2.12. The number of rotatable bonds is 7. The summed E-state index contributed by atoms with van der Waals surface area (Å²) < 4.78 is 7.45. The second-order valence-electron chi connectivity index (χ2n) is 6.40. The van der Waals surface area contributed by atoms with Gasteiger partial charge in [-0.1, -0.05) is 29.1 Å². The van der Waals surface area contributed by atoms with Crippen molar-refractivity contribution in [1.82, 2.24) is 29.9 Å². The van der Waals surface area contributed by atoms with Crippen LogP contribution in [0.25, 0.3) is 17.1 Å². The lowest BCUT2D eigenvalue weighted by atomic mass is 10.2. The maximum Gasteiger partial charge on any atom is 0.226 e. The molecule has 0 unspecified atom stereocenters. The Bertz CT molecular complexity index is 1060. The Balaban J connectivity index is 1.36. The fraction of sp³-hybridized carbons (Fsp3) is 0.250. The van der Waals surface area contributed by atoms with E-state index in [0.717, 1.165) is 40.8 Å². The van der Waals surface area contributed by atoms with Gasteiger partial charge in [0.15, 0.2) is 5.16 Å². The third-order valence-electron chi connectivity index (χ3n) is 4.23. The van der Waals surface area contributed by atoms with E-state index in [0.29, 0.717) is 11.7 Å². The van der Waals surface area contributed by atoms with Crippen LogP contribution in [-0.2, 0) is 6.42 Å². The summed E-state index contributed by atoms with van der Waals surface area (Å²) in [7, 11) is 0. The molecule has 0 N–H and O–H groups in total. The van der Waals surface area contributed by atoms with E-state index < -0.39 is 0 Å². The molecule has 0 radical (unpaired) electrons. The van der Waals surface area contributed by atoms with Crippen molar-refractivity contribution in [2.75, 3.05) is 5.75 Å². The molecular formula is C20H20N6OS. The zero-order valence-electron chi connectivity index (χ0n) is 15.7. The Morgan fingerprint density at radius 1 is 1.07 bits per heavy atom. The maximum atomic E-state index is 5.36. The van der Waals surface area contributed by atoms with Gasteiger partial charge in [-0.05, 0) is 50.1 Å². The molecule has 28 heavy (non-hydrogen) atoms. The van der Waals surface area contributed by atoms with Gasteiger partial charge in [-0.2, -0.15) is 4.98 Å². The van der Waals surface area contributed by atoms with Crippen LogP contribution in [0.5, 0.6) is 0 Å².